The second-order valence-electron chi connectivity index (χ2n) is 9.02. The summed E-state index contributed by atoms with van der Waals surface area (Å²) < 4.78 is 11.3. The minimum Gasteiger partial charge on any atom is -0.444 e. The van der Waals surface area contributed by atoms with Crippen molar-refractivity contribution >= 4 is 11.9 Å². The van der Waals surface area contributed by atoms with Gasteiger partial charge < -0.3 is 9.47 Å². The van der Waals surface area contributed by atoms with E-state index in [-0.39, 0.29) is 29.9 Å². The van der Waals surface area contributed by atoms with Crippen molar-refractivity contribution in [2.45, 2.75) is 72.1 Å². The Hall–Kier alpha value is -1.88. The van der Waals surface area contributed by atoms with Crippen LogP contribution in [0.4, 0.5) is 4.79 Å². The number of hydrogen-bond donors (Lipinski definition) is 0. The van der Waals surface area contributed by atoms with E-state index in [9.17, 15) is 9.59 Å². The number of carbonyl (C=O) groups excluding carboxylic acids is 2. The standard InChI is InChI=1S/C22H31NO4/c1-13-7-15(3)19(8-14(13)2)20(24)16-9-17-11-26-12-18(10-16)23(17)21(25)27-22(4,5)6/h7-8,16-18H,9-12H2,1-6H3. The van der Waals surface area contributed by atoms with E-state index in [1.54, 1.807) is 0 Å². The molecule has 0 aliphatic carbocycles. The Morgan fingerprint density at radius 2 is 1.56 bits per heavy atom. The van der Waals surface area contributed by atoms with Gasteiger partial charge in [0.1, 0.15) is 5.60 Å². The van der Waals surface area contributed by atoms with Crippen molar-refractivity contribution in [3.05, 3.63) is 34.4 Å². The molecule has 2 fully saturated rings. The lowest BCUT2D eigenvalue weighted by Crippen LogP contribution is -2.60. The third kappa shape index (κ3) is 4.18. The first-order chi connectivity index (χ1) is 12.6. The summed E-state index contributed by atoms with van der Waals surface area (Å²) in [6.45, 7) is 12.6. The highest BCUT2D eigenvalue weighted by atomic mass is 16.6. The maximum atomic E-state index is 13.2. The maximum Gasteiger partial charge on any atom is 0.410 e. The highest BCUT2D eigenvalue weighted by Crippen LogP contribution is 2.35. The van der Waals surface area contributed by atoms with Crippen molar-refractivity contribution in [2.75, 3.05) is 13.2 Å². The molecule has 0 aromatic heterocycles. The SMILES string of the molecule is Cc1cc(C)c(C(=O)C2CC3COCC(C2)N3C(=O)OC(C)(C)C)cc1C. The number of amides is 1. The van der Waals surface area contributed by atoms with E-state index in [0.29, 0.717) is 26.1 Å². The lowest BCUT2D eigenvalue weighted by Gasteiger charge is -2.48. The summed E-state index contributed by atoms with van der Waals surface area (Å²) in [7, 11) is 0. The van der Waals surface area contributed by atoms with Gasteiger partial charge in [-0.3, -0.25) is 9.69 Å². The number of ether oxygens (including phenoxy) is 2. The first kappa shape index (κ1) is 19.9. The lowest BCUT2D eigenvalue weighted by molar-refractivity contribution is -0.0861. The molecular formula is C22H31NO4. The first-order valence-electron chi connectivity index (χ1n) is 9.78. The summed E-state index contributed by atoms with van der Waals surface area (Å²) in [5.41, 5.74) is 3.65. The van der Waals surface area contributed by atoms with Crippen LogP contribution in [0.2, 0.25) is 0 Å². The number of fused-ring (bicyclic) bond motifs is 2. The molecule has 2 unspecified atom stereocenters. The Labute approximate surface area is 162 Å². The molecule has 3 rings (SSSR count). The predicted octanol–water partition coefficient (Wildman–Crippen LogP) is 4.21. The number of hydrogen-bond acceptors (Lipinski definition) is 4. The van der Waals surface area contributed by atoms with E-state index in [1.165, 1.54) is 5.56 Å². The summed E-state index contributed by atoms with van der Waals surface area (Å²) in [4.78, 5) is 27.7. The van der Waals surface area contributed by atoms with Gasteiger partial charge >= 0.3 is 6.09 Å². The molecule has 148 valence electrons. The molecule has 2 saturated heterocycles. The van der Waals surface area contributed by atoms with E-state index in [4.69, 9.17) is 9.47 Å². The predicted molar refractivity (Wildman–Crippen MR) is 104 cm³/mol. The van der Waals surface area contributed by atoms with Gasteiger partial charge in [0.15, 0.2) is 5.78 Å². The fraction of sp³-hybridized carbons (Fsp3) is 0.636. The molecule has 2 aliphatic heterocycles. The topological polar surface area (TPSA) is 55.8 Å². The second-order valence-corrected chi connectivity index (χ2v) is 9.02. The van der Waals surface area contributed by atoms with Crippen molar-refractivity contribution in [1.29, 1.82) is 0 Å². The number of aryl methyl sites for hydroxylation is 3. The van der Waals surface area contributed by atoms with Gasteiger partial charge in [-0.05, 0) is 77.1 Å². The van der Waals surface area contributed by atoms with Crippen LogP contribution in [-0.2, 0) is 9.47 Å². The fourth-order valence-corrected chi connectivity index (χ4v) is 4.19. The second kappa shape index (κ2) is 7.27. The van der Waals surface area contributed by atoms with Gasteiger partial charge in [0.2, 0.25) is 0 Å². The highest BCUT2D eigenvalue weighted by Gasteiger charge is 2.45. The molecule has 2 aliphatic rings. The van der Waals surface area contributed by atoms with Crippen LogP contribution in [0.3, 0.4) is 0 Å². The number of Topliss-reactive ketones (excluding diaryl/α,β-unsaturated/α-hetero) is 1. The van der Waals surface area contributed by atoms with Gasteiger partial charge in [-0.1, -0.05) is 6.07 Å². The van der Waals surface area contributed by atoms with Gasteiger partial charge in [0, 0.05) is 11.5 Å². The van der Waals surface area contributed by atoms with Crippen molar-refractivity contribution in [2.24, 2.45) is 5.92 Å². The quantitative estimate of drug-likeness (QED) is 0.729. The van der Waals surface area contributed by atoms with Crippen LogP contribution in [0.15, 0.2) is 12.1 Å². The Morgan fingerprint density at radius 1 is 1.00 bits per heavy atom. The Bertz CT molecular complexity index is 735. The van der Waals surface area contributed by atoms with Crippen molar-refractivity contribution < 1.29 is 19.1 Å². The van der Waals surface area contributed by atoms with Gasteiger partial charge in [-0.2, -0.15) is 0 Å². The van der Waals surface area contributed by atoms with Gasteiger partial charge in [-0.15, -0.1) is 0 Å². The summed E-state index contributed by atoms with van der Waals surface area (Å²) in [6.07, 6.45) is 0.955. The number of rotatable bonds is 2. The monoisotopic (exact) mass is 373 g/mol. The van der Waals surface area contributed by atoms with E-state index in [0.717, 1.165) is 16.7 Å². The summed E-state index contributed by atoms with van der Waals surface area (Å²) in [5, 5.41) is 0. The Kier molecular flexibility index (Phi) is 5.35. The van der Waals surface area contributed by atoms with Crippen LogP contribution in [-0.4, -0.2) is 47.7 Å². The Balaban J connectivity index is 1.79. The number of piperidine rings is 1. The third-order valence-corrected chi connectivity index (χ3v) is 5.60. The van der Waals surface area contributed by atoms with Crippen molar-refractivity contribution in [3.63, 3.8) is 0 Å². The lowest BCUT2D eigenvalue weighted by atomic mass is 9.79. The molecule has 27 heavy (non-hydrogen) atoms. The van der Waals surface area contributed by atoms with E-state index in [2.05, 4.69) is 13.0 Å². The fourth-order valence-electron chi connectivity index (χ4n) is 4.19. The number of nitrogens with zero attached hydrogens (tertiary/aromatic N) is 1. The Morgan fingerprint density at radius 3 is 2.11 bits per heavy atom. The maximum absolute atomic E-state index is 13.2. The van der Waals surface area contributed by atoms with Crippen LogP contribution in [0.5, 0.6) is 0 Å². The average Bonchev–Trinajstić information content (AvgIpc) is 2.54. The average molecular weight is 373 g/mol. The molecular weight excluding hydrogens is 342 g/mol. The number of morpholine rings is 1. The molecule has 1 amide bonds. The summed E-state index contributed by atoms with van der Waals surface area (Å²) in [6, 6.07) is 3.89. The van der Waals surface area contributed by atoms with Crippen LogP contribution >= 0.6 is 0 Å². The minimum atomic E-state index is -0.532. The zero-order chi connectivity index (χ0) is 19.9. The molecule has 0 radical (unpaired) electrons. The minimum absolute atomic E-state index is 0.0802. The van der Waals surface area contributed by atoms with E-state index >= 15 is 0 Å². The van der Waals surface area contributed by atoms with Crippen LogP contribution in [0.25, 0.3) is 0 Å². The number of carbonyl (C=O) groups is 2. The molecule has 2 bridgehead atoms. The smallest absolute Gasteiger partial charge is 0.410 e. The van der Waals surface area contributed by atoms with Crippen LogP contribution in [0.1, 0.15) is 60.7 Å². The zero-order valence-electron chi connectivity index (χ0n) is 17.3. The molecule has 2 atom stereocenters. The van der Waals surface area contributed by atoms with E-state index in [1.807, 2.05) is 45.6 Å². The van der Waals surface area contributed by atoms with Crippen molar-refractivity contribution in [3.8, 4) is 0 Å². The van der Waals surface area contributed by atoms with E-state index < -0.39 is 5.60 Å². The first-order valence-corrected chi connectivity index (χ1v) is 9.78. The molecule has 0 spiro atoms. The molecule has 0 N–H and O–H groups in total. The zero-order valence-corrected chi connectivity index (χ0v) is 17.3. The van der Waals surface area contributed by atoms with Crippen LogP contribution < -0.4 is 0 Å². The molecule has 5 nitrogen and oxygen atoms in total. The third-order valence-electron chi connectivity index (χ3n) is 5.60. The largest absolute Gasteiger partial charge is 0.444 e. The number of ketones is 1. The molecule has 0 saturated carbocycles. The van der Waals surface area contributed by atoms with Gasteiger partial charge in [0.25, 0.3) is 0 Å². The normalized spacial score (nSPS) is 25.3. The summed E-state index contributed by atoms with van der Waals surface area (Å²) >= 11 is 0. The highest BCUT2D eigenvalue weighted by molar-refractivity contribution is 5.99. The molecule has 1 aromatic carbocycles. The molecule has 5 heteroatoms. The van der Waals surface area contributed by atoms with Gasteiger partial charge in [0.05, 0.1) is 25.3 Å². The van der Waals surface area contributed by atoms with Crippen LogP contribution in [0, 0.1) is 26.7 Å². The molecule has 2 heterocycles. The number of benzene rings is 1. The molecule has 1 aromatic rings. The van der Waals surface area contributed by atoms with Crippen molar-refractivity contribution in [1.82, 2.24) is 4.90 Å². The van der Waals surface area contributed by atoms with Gasteiger partial charge in [-0.25, -0.2) is 4.79 Å². The summed E-state index contributed by atoms with van der Waals surface area (Å²) in [5.74, 6) is 0.111.